The quantitative estimate of drug-likeness (QED) is 0.131. The van der Waals surface area contributed by atoms with E-state index in [9.17, 15) is 34.5 Å². The van der Waals surface area contributed by atoms with Crippen molar-refractivity contribution in [2.24, 2.45) is 5.92 Å². The van der Waals surface area contributed by atoms with Gasteiger partial charge >= 0.3 is 11.9 Å². The summed E-state index contributed by atoms with van der Waals surface area (Å²) < 4.78 is 10.4. The number of hydrogen-bond acceptors (Lipinski definition) is 9. The minimum Gasteiger partial charge on any atom is -0.396 e. The van der Waals surface area contributed by atoms with Crippen molar-refractivity contribution in [2.75, 3.05) is 19.8 Å². The molecule has 0 saturated heterocycles. The first-order valence-electron chi connectivity index (χ1n) is 11.7. The maximum absolute atomic E-state index is 11.9. The van der Waals surface area contributed by atoms with Crippen LogP contribution in [0.1, 0.15) is 58.8 Å². The molecular weight excluding hydrogens is 448 g/mol. The number of esters is 2. The van der Waals surface area contributed by atoms with Crippen molar-refractivity contribution in [3.8, 4) is 0 Å². The van der Waals surface area contributed by atoms with E-state index < -0.39 is 42.2 Å². The zero-order chi connectivity index (χ0) is 25.3. The first-order chi connectivity index (χ1) is 16.1. The van der Waals surface area contributed by atoms with Gasteiger partial charge in [-0.3, -0.25) is 9.59 Å². The Morgan fingerprint density at radius 1 is 1.09 bits per heavy atom. The molecule has 5 atom stereocenters. The van der Waals surface area contributed by atoms with Crippen LogP contribution in [0.3, 0.4) is 0 Å². The molecule has 5 unspecified atom stereocenters. The van der Waals surface area contributed by atoms with Gasteiger partial charge in [0.1, 0.15) is 6.10 Å². The molecule has 11 heteroatoms. The minimum atomic E-state index is -1.22. The van der Waals surface area contributed by atoms with Gasteiger partial charge < -0.3 is 35.4 Å². The summed E-state index contributed by atoms with van der Waals surface area (Å²) in [5.41, 5.74) is 0.514. The van der Waals surface area contributed by atoms with Crippen LogP contribution in [0.5, 0.6) is 0 Å². The van der Waals surface area contributed by atoms with E-state index in [0.717, 1.165) is 25.7 Å². The van der Waals surface area contributed by atoms with E-state index in [1.165, 1.54) is 13.8 Å². The fourth-order valence-corrected chi connectivity index (χ4v) is 4.22. The van der Waals surface area contributed by atoms with Gasteiger partial charge in [0.15, 0.2) is 0 Å². The normalized spacial score (nSPS) is 27.0. The highest BCUT2D eigenvalue weighted by atomic mass is 16.6. The van der Waals surface area contributed by atoms with Crippen molar-refractivity contribution >= 4 is 23.8 Å². The lowest BCUT2D eigenvalue weighted by Crippen LogP contribution is -2.61. The van der Waals surface area contributed by atoms with Gasteiger partial charge in [-0.1, -0.05) is 12.8 Å². The zero-order valence-corrected chi connectivity index (χ0v) is 19.7. The molecule has 0 aromatic heterocycles. The SMILES string of the molecule is CC(=O)NC1C(OCCCCCCNC(=O)CCC2=C(C)C(=O)OC2=O)CC(CO)C(O)C1O. The van der Waals surface area contributed by atoms with E-state index in [2.05, 4.69) is 15.4 Å². The Balaban J connectivity index is 1.60. The second kappa shape index (κ2) is 13.5. The molecule has 11 nitrogen and oxygen atoms in total. The van der Waals surface area contributed by atoms with Gasteiger partial charge in [-0.15, -0.1) is 0 Å². The molecule has 1 heterocycles. The highest BCUT2D eigenvalue weighted by molar-refractivity contribution is 6.12. The molecule has 5 N–H and O–H groups in total. The standard InChI is InChI=1S/C23H36N2O9/c1-13-16(23(32)34-22(13)31)7-8-18(28)24-9-5-3-4-6-10-33-17-11-15(12-26)20(29)21(30)19(17)25-14(2)27/h15,17,19-21,26,29-30H,3-12H2,1-2H3,(H,24,28)(H,25,27). The zero-order valence-electron chi connectivity index (χ0n) is 19.7. The number of ether oxygens (including phenoxy) is 2. The van der Waals surface area contributed by atoms with Crippen LogP contribution >= 0.6 is 0 Å². The Kier molecular flexibility index (Phi) is 11.1. The number of amides is 2. The summed E-state index contributed by atoms with van der Waals surface area (Å²) >= 11 is 0. The largest absolute Gasteiger partial charge is 0.396 e. The van der Waals surface area contributed by atoms with E-state index in [0.29, 0.717) is 19.6 Å². The molecule has 2 rings (SSSR count). The number of cyclic esters (lactones) is 2. The van der Waals surface area contributed by atoms with Gasteiger partial charge in [-0.05, 0) is 32.6 Å². The van der Waals surface area contributed by atoms with Crippen LogP contribution in [0.2, 0.25) is 0 Å². The van der Waals surface area contributed by atoms with Crippen LogP contribution in [-0.4, -0.2) is 83.2 Å². The molecule has 1 aliphatic heterocycles. The van der Waals surface area contributed by atoms with Crippen LogP contribution in [0.4, 0.5) is 0 Å². The molecule has 0 aromatic rings. The Bertz CT molecular complexity index is 782. The van der Waals surface area contributed by atoms with E-state index in [-0.39, 0.29) is 42.4 Å². The molecular formula is C23H36N2O9. The number of aliphatic hydroxyl groups excluding tert-OH is 3. The predicted octanol–water partition coefficient (Wildman–Crippen LogP) is -0.533. The monoisotopic (exact) mass is 484 g/mol. The number of carbonyl (C=O) groups excluding carboxylic acids is 4. The summed E-state index contributed by atoms with van der Waals surface area (Å²) in [6.45, 7) is 3.45. The summed E-state index contributed by atoms with van der Waals surface area (Å²) in [6.07, 6.45) is 0.955. The maximum atomic E-state index is 11.9. The number of aliphatic hydroxyl groups is 3. The van der Waals surface area contributed by atoms with Crippen molar-refractivity contribution < 1.29 is 44.0 Å². The smallest absolute Gasteiger partial charge is 0.342 e. The number of unbranched alkanes of at least 4 members (excludes halogenated alkanes) is 3. The Hall–Kier alpha value is -2.34. The highest BCUT2D eigenvalue weighted by Gasteiger charge is 2.44. The van der Waals surface area contributed by atoms with Gasteiger partial charge in [-0.25, -0.2) is 9.59 Å². The fraction of sp³-hybridized carbons (Fsp3) is 0.739. The van der Waals surface area contributed by atoms with E-state index in [1.54, 1.807) is 0 Å². The van der Waals surface area contributed by atoms with Gasteiger partial charge in [-0.2, -0.15) is 0 Å². The molecule has 1 fully saturated rings. The Morgan fingerprint density at radius 2 is 1.79 bits per heavy atom. The molecule has 2 amide bonds. The second-order valence-electron chi connectivity index (χ2n) is 8.84. The topological polar surface area (TPSA) is 171 Å². The Labute approximate surface area is 198 Å². The molecule has 0 aromatic carbocycles. The van der Waals surface area contributed by atoms with Crippen molar-refractivity contribution in [1.29, 1.82) is 0 Å². The van der Waals surface area contributed by atoms with Gasteiger partial charge in [0.2, 0.25) is 11.8 Å². The number of carbonyl (C=O) groups is 4. The summed E-state index contributed by atoms with van der Waals surface area (Å²) in [7, 11) is 0. The van der Waals surface area contributed by atoms with Crippen LogP contribution in [0.25, 0.3) is 0 Å². The van der Waals surface area contributed by atoms with Crippen LogP contribution in [0.15, 0.2) is 11.1 Å². The Morgan fingerprint density at radius 3 is 2.41 bits per heavy atom. The highest BCUT2D eigenvalue weighted by Crippen LogP contribution is 2.28. The molecule has 192 valence electrons. The number of hydrogen-bond donors (Lipinski definition) is 5. The number of rotatable bonds is 13. The predicted molar refractivity (Wildman–Crippen MR) is 119 cm³/mol. The van der Waals surface area contributed by atoms with E-state index in [4.69, 9.17) is 4.74 Å². The van der Waals surface area contributed by atoms with Crippen molar-refractivity contribution in [3.05, 3.63) is 11.1 Å². The van der Waals surface area contributed by atoms with E-state index in [1.807, 2.05) is 0 Å². The first-order valence-corrected chi connectivity index (χ1v) is 11.7. The van der Waals surface area contributed by atoms with Crippen LogP contribution in [-0.2, 0) is 28.7 Å². The fourth-order valence-electron chi connectivity index (χ4n) is 4.22. The second-order valence-corrected chi connectivity index (χ2v) is 8.84. The lowest BCUT2D eigenvalue weighted by atomic mass is 9.79. The molecule has 2 aliphatic rings. The maximum Gasteiger partial charge on any atom is 0.342 e. The van der Waals surface area contributed by atoms with Crippen molar-refractivity contribution in [2.45, 2.75) is 83.1 Å². The summed E-state index contributed by atoms with van der Waals surface area (Å²) in [4.78, 5) is 46.2. The first kappa shape index (κ1) is 27.9. The average molecular weight is 485 g/mol. The summed E-state index contributed by atoms with van der Waals surface area (Å²) in [6, 6.07) is -0.741. The molecule has 34 heavy (non-hydrogen) atoms. The lowest BCUT2D eigenvalue weighted by Gasteiger charge is -2.42. The van der Waals surface area contributed by atoms with Crippen molar-refractivity contribution in [1.82, 2.24) is 10.6 Å². The van der Waals surface area contributed by atoms with Crippen molar-refractivity contribution in [3.63, 3.8) is 0 Å². The minimum absolute atomic E-state index is 0.106. The summed E-state index contributed by atoms with van der Waals surface area (Å²) in [5, 5.41) is 35.3. The third-order valence-electron chi connectivity index (χ3n) is 6.26. The van der Waals surface area contributed by atoms with Crippen LogP contribution in [0, 0.1) is 5.92 Å². The summed E-state index contributed by atoms with van der Waals surface area (Å²) in [5.74, 6) is -2.38. The molecule has 0 bridgehead atoms. The average Bonchev–Trinajstić information content (AvgIpc) is 3.03. The third kappa shape index (κ3) is 7.86. The molecule has 0 radical (unpaired) electrons. The van der Waals surface area contributed by atoms with E-state index >= 15 is 0 Å². The number of nitrogens with one attached hydrogen (secondary N) is 2. The molecule has 1 aliphatic carbocycles. The lowest BCUT2D eigenvalue weighted by molar-refractivity contribution is -0.151. The molecule has 0 spiro atoms. The molecule has 1 saturated carbocycles. The van der Waals surface area contributed by atoms with Gasteiger partial charge in [0.05, 0.1) is 18.2 Å². The van der Waals surface area contributed by atoms with Gasteiger partial charge in [0.25, 0.3) is 0 Å². The van der Waals surface area contributed by atoms with Crippen LogP contribution < -0.4 is 10.6 Å². The van der Waals surface area contributed by atoms with Gasteiger partial charge in [0, 0.05) is 50.2 Å². The third-order valence-corrected chi connectivity index (χ3v) is 6.26.